The van der Waals surface area contributed by atoms with E-state index in [2.05, 4.69) is 11.1 Å². The summed E-state index contributed by atoms with van der Waals surface area (Å²) in [6.07, 6.45) is 0. The Bertz CT molecular complexity index is 971. The lowest BCUT2D eigenvalue weighted by Gasteiger charge is -2.10. The number of carbonyl (C=O) groups is 1. The number of nitrogens with two attached hydrogens (primary N) is 1. The number of nitriles is 1. The highest BCUT2D eigenvalue weighted by Gasteiger charge is 2.15. The van der Waals surface area contributed by atoms with Gasteiger partial charge in [0.1, 0.15) is 24.7 Å². The molecule has 0 saturated heterocycles. The Kier molecular flexibility index (Phi) is 5.04. The first-order chi connectivity index (χ1) is 12.6. The molecule has 0 aliphatic heterocycles. The first-order valence-corrected chi connectivity index (χ1v) is 8.14. The molecule has 7 heteroatoms. The van der Waals surface area contributed by atoms with E-state index in [1.54, 1.807) is 54.0 Å². The van der Waals surface area contributed by atoms with Gasteiger partial charge in [0.05, 0.1) is 29.3 Å². The number of fused-ring (bicyclic) bond motifs is 1. The van der Waals surface area contributed by atoms with Crippen LogP contribution in [0.2, 0.25) is 0 Å². The molecule has 132 valence electrons. The van der Waals surface area contributed by atoms with Crippen LogP contribution in [0.5, 0.6) is 5.75 Å². The monoisotopic (exact) mass is 350 g/mol. The summed E-state index contributed by atoms with van der Waals surface area (Å²) in [6, 6.07) is 14.2. The Balaban J connectivity index is 1.88. The number of nitrogens with zero attached hydrogens (tertiary/aromatic N) is 3. The molecule has 0 aliphatic carbocycles. The van der Waals surface area contributed by atoms with Crippen LogP contribution >= 0.6 is 0 Å². The minimum atomic E-state index is -0.353. The summed E-state index contributed by atoms with van der Waals surface area (Å²) >= 11 is 0. The first-order valence-electron chi connectivity index (χ1n) is 8.14. The Hall–Kier alpha value is -3.53. The lowest BCUT2D eigenvalue weighted by molar-refractivity contribution is -0.143. The Morgan fingerprint density at radius 2 is 2.04 bits per heavy atom. The van der Waals surface area contributed by atoms with E-state index in [1.165, 1.54) is 0 Å². The highest BCUT2D eigenvalue weighted by atomic mass is 16.5. The van der Waals surface area contributed by atoms with Gasteiger partial charge in [-0.25, -0.2) is 4.98 Å². The molecule has 0 unspecified atom stereocenters. The van der Waals surface area contributed by atoms with Gasteiger partial charge in [-0.3, -0.25) is 4.79 Å². The number of imidazole rings is 1. The molecule has 3 aromatic rings. The molecular weight excluding hydrogens is 332 g/mol. The largest absolute Gasteiger partial charge is 0.486 e. The summed E-state index contributed by atoms with van der Waals surface area (Å²) in [5.41, 5.74) is 8.48. The molecule has 0 aliphatic rings. The third-order valence-corrected chi connectivity index (χ3v) is 3.80. The van der Waals surface area contributed by atoms with Gasteiger partial charge in [0.2, 0.25) is 0 Å². The van der Waals surface area contributed by atoms with Crippen molar-refractivity contribution in [1.82, 2.24) is 9.55 Å². The molecule has 0 radical (unpaired) electrons. The number of esters is 1. The minimum Gasteiger partial charge on any atom is -0.486 e. The van der Waals surface area contributed by atoms with Gasteiger partial charge in [-0.1, -0.05) is 0 Å². The van der Waals surface area contributed by atoms with Crippen LogP contribution in [0.15, 0.2) is 42.5 Å². The van der Waals surface area contributed by atoms with Crippen molar-refractivity contribution in [2.45, 2.75) is 20.1 Å². The van der Waals surface area contributed by atoms with Crippen molar-refractivity contribution < 1.29 is 14.3 Å². The zero-order valence-electron chi connectivity index (χ0n) is 14.3. The number of rotatable bonds is 6. The van der Waals surface area contributed by atoms with Gasteiger partial charge in [-0.15, -0.1) is 0 Å². The van der Waals surface area contributed by atoms with Crippen molar-refractivity contribution >= 4 is 22.7 Å². The van der Waals surface area contributed by atoms with E-state index >= 15 is 0 Å². The quantitative estimate of drug-likeness (QED) is 0.541. The Morgan fingerprint density at radius 1 is 1.27 bits per heavy atom. The van der Waals surface area contributed by atoms with Crippen molar-refractivity contribution in [3.8, 4) is 11.8 Å². The van der Waals surface area contributed by atoms with E-state index < -0.39 is 0 Å². The molecule has 7 nitrogen and oxygen atoms in total. The smallest absolute Gasteiger partial charge is 0.326 e. The van der Waals surface area contributed by atoms with Crippen LogP contribution in [0.25, 0.3) is 11.0 Å². The van der Waals surface area contributed by atoms with Crippen molar-refractivity contribution in [1.29, 1.82) is 5.26 Å². The van der Waals surface area contributed by atoms with Gasteiger partial charge in [-0.05, 0) is 49.4 Å². The number of hydrogen-bond acceptors (Lipinski definition) is 6. The van der Waals surface area contributed by atoms with E-state index in [9.17, 15) is 4.79 Å². The zero-order valence-corrected chi connectivity index (χ0v) is 14.3. The standard InChI is InChI=1S/C19H18N4O3/c1-2-25-19(24)11-23-17-9-14(21)5-8-16(17)22-18(23)12-26-15-6-3-13(10-20)4-7-15/h3-9H,2,11-12,21H2,1H3. The number of nitrogen functional groups attached to an aromatic ring is 1. The fourth-order valence-corrected chi connectivity index (χ4v) is 2.59. The lowest BCUT2D eigenvalue weighted by atomic mass is 10.2. The highest BCUT2D eigenvalue weighted by Crippen LogP contribution is 2.21. The number of hydrogen-bond donors (Lipinski definition) is 1. The molecule has 0 amide bonds. The van der Waals surface area contributed by atoms with Crippen molar-refractivity contribution in [2.24, 2.45) is 0 Å². The maximum Gasteiger partial charge on any atom is 0.326 e. The van der Waals surface area contributed by atoms with Crippen molar-refractivity contribution in [3.05, 3.63) is 53.9 Å². The van der Waals surface area contributed by atoms with Gasteiger partial charge >= 0.3 is 5.97 Å². The van der Waals surface area contributed by atoms with E-state index in [-0.39, 0.29) is 19.1 Å². The van der Waals surface area contributed by atoms with Gasteiger partial charge in [0.15, 0.2) is 0 Å². The number of aromatic nitrogens is 2. The molecule has 2 aromatic carbocycles. The fourth-order valence-electron chi connectivity index (χ4n) is 2.59. The third kappa shape index (κ3) is 3.75. The van der Waals surface area contributed by atoms with Crippen LogP contribution in [0.3, 0.4) is 0 Å². The molecule has 0 fully saturated rings. The normalized spacial score (nSPS) is 10.5. The molecule has 0 saturated carbocycles. The number of benzene rings is 2. The second-order valence-corrected chi connectivity index (χ2v) is 5.59. The first kappa shape index (κ1) is 17.3. The summed E-state index contributed by atoms with van der Waals surface area (Å²) in [6.45, 7) is 2.27. The minimum absolute atomic E-state index is 0.0276. The van der Waals surface area contributed by atoms with E-state index in [1.807, 2.05) is 0 Å². The van der Waals surface area contributed by atoms with Crippen LogP contribution in [-0.2, 0) is 22.7 Å². The number of anilines is 1. The molecule has 26 heavy (non-hydrogen) atoms. The number of ether oxygens (including phenoxy) is 2. The van der Waals surface area contributed by atoms with Crippen molar-refractivity contribution in [3.63, 3.8) is 0 Å². The molecular formula is C19H18N4O3. The molecule has 0 bridgehead atoms. The Labute approximate surface area is 150 Å². The van der Waals surface area contributed by atoms with Crippen LogP contribution in [0, 0.1) is 11.3 Å². The SMILES string of the molecule is CCOC(=O)Cn1c(COc2ccc(C#N)cc2)nc2ccc(N)cc21. The average molecular weight is 350 g/mol. The molecule has 3 rings (SSSR count). The van der Waals surface area contributed by atoms with Crippen LogP contribution in [-0.4, -0.2) is 22.1 Å². The summed E-state index contributed by atoms with van der Waals surface area (Å²) in [5, 5.41) is 8.85. The molecule has 0 spiro atoms. The topological polar surface area (TPSA) is 103 Å². The fraction of sp³-hybridized carbons (Fsp3) is 0.211. The maximum absolute atomic E-state index is 12.0. The summed E-state index contributed by atoms with van der Waals surface area (Å²) in [7, 11) is 0. The van der Waals surface area contributed by atoms with Crippen molar-refractivity contribution in [2.75, 3.05) is 12.3 Å². The van der Waals surface area contributed by atoms with Gasteiger partial charge in [0.25, 0.3) is 0 Å². The van der Waals surface area contributed by atoms with E-state index in [0.717, 1.165) is 11.0 Å². The highest BCUT2D eigenvalue weighted by molar-refractivity contribution is 5.81. The van der Waals surface area contributed by atoms with E-state index in [0.29, 0.717) is 29.4 Å². The second-order valence-electron chi connectivity index (χ2n) is 5.59. The predicted octanol–water partition coefficient (Wildman–Crippen LogP) is 2.63. The van der Waals surface area contributed by atoms with Crippen LogP contribution < -0.4 is 10.5 Å². The average Bonchev–Trinajstić information content (AvgIpc) is 2.97. The van der Waals surface area contributed by atoms with Crippen LogP contribution in [0.4, 0.5) is 5.69 Å². The van der Waals surface area contributed by atoms with E-state index in [4.69, 9.17) is 20.5 Å². The summed E-state index contributed by atoms with van der Waals surface area (Å²) < 4.78 is 12.5. The summed E-state index contributed by atoms with van der Waals surface area (Å²) in [4.78, 5) is 16.5. The van der Waals surface area contributed by atoms with Gasteiger partial charge < -0.3 is 19.8 Å². The zero-order chi connectivity index (χ0) is 18.5. The maximum atomic E-state index is 12.0. The molecule has 1 aromatic heterocycles. The number of carbonyl (C=O) groups excluding carboxylic acids is 1. The molecule has 0 atom stereocenters. The van der Waals surface area contributed by atoms with Gasteiger partial charge in [0, 0.05) is 5.69 Å². The Morgan fingerprint density at radius 3 is 2.73 bits per heavy atom. The molecule has 2 N–H and O–H groups in total. The predicted molar refractivity (Wildman–Crippen MR) is 96.3 cm³/mol. The lowest BCUT2D eigenvalue weighted by Crippen LogP contribution is -2.16. The third-order valence-electron chi connectivity index (χ3n) is 3.80. The summed E-state index contributed by atoms with van der Waals surface area (Å²) in [5.74, 6) is 0.843. The second kappa shape index (κ2) is 7.57. The van der Waals surface area contributed by atoms with Gasteiger partial charge in [-0.2, -0.15) is 5.26 Å². The van der Waals surface area contributed by atoms with Crippen LogP contribution in [0.1, 0.15) is 18.3 Å². The molecule has 1 heterocycles.